The first kappa shape index (κ1) is 11.3. The Morgan fingerprint density at radius 1 is 1.32 bits per heavy atom. The summed E-state index contributed by atoms with van der Waals surface area (Å²) in [6.07, 6.45) is 5.60. The quantitative estimate of drug-likeness (QED) is 0.929. The van der Waals surface area contributed by atoms with Gasteiger partial charge in [0.05, 0.1) is 0 Å². The van der Waals surface area contributed by atoms with E-state index in [0.29, 0.717) is 17.7 Å². The van der Waals surface area contributed by atoms with Crippen molar-refractivity contribution in [1.82, 2.24) is 9.97 Å². The van der Waals surface area contributed by atoms with Crippen molar-refractivity contribution in [2.45, 2.75) is 38.0 Å². The maximum absolute atomic E-state index is 11.5. The number of aromatic carboxylic acids is 1. The Morgan fingerprint density at radius 3 is 2.74 bits per heavy atom. The molecule has 2 saturated carbocycles. The largest absolute Gasteiger partial charge is 0.476 e. The second-order valence-corrected chi connectivity index (χ2v) is 6.44. The fraction of sp³-hybridized carbons (Fsp3) is 0.500. The van der Waals surface area contributed by atoms with Gasteiger partial charge in [0.1, 0.15) is 10.7 Å². The van der Waals surface area contributed by atoms with Crippen molar-refractivity contribution in [3.05, 3.63) is 22.5 Å². The fourth-order valence-electron chi connectivity index (χ4n) is 2.53. The van der Waals surface area contributed by atoms with Gasteiger partial charge in [-0.3, -0.25) is 0 Å². The molecule has 2 aliphatic rings. The number of carboxylic acid groups (broad SMARTS) is 1. The average molecular weight is 274 g/mol. The zero-order valence-corrected chi connectivity index (χ0v) is 11.2. The molecule has 0 bridgehead atoms. The van der Waals surface area contributed by atoms with E-state index in [0.717, 1.165) is 35.0 Å². The van der Waals surface area contributed by atoms with Crippen LogP contribution in [0.5, 0.6) is 0 Å². The molecule has 0 unspecified atom stereocenters. The molecule has 1 N–H and O–H groups in total. The molecular formula is C14H14N2O2S. The Morgan fingerprint density at radius 2 is 2.11 bits per heavy atom. The van der Waals surface area contributed by atoms with E-state index in [4.69, 9.17) is 0 Å². The van der Waals surface area contributed by atoms with Crippen LogP contribution >= 0.6 is 11.3 Å². The lowest BCUT2D eigenvalue weighted by Crippen LogP contribution is -2.07. The first-order valence-corrected chi connectivity index (χ1v) is 7.61. The topological polar surface area (TPSA) is 63.1 Å². The number of thiophene rings is 1. The van der Waals surface area contributed by atoms with Crippen LogP contribution in [0.2, 0.25) is 0 Å². The van der Waals surface area contributed by atoms with Crippen molar-refractivity contribution in [2.75, 3.05) is 0 Å². The molecule has 0 amide bonds. The third kappa shape index (κ3) is 2.02. The Kier molecular flexibility index (Phi) is 2.39. The lowest BCUT2D eigenvalue weighted by Gasteiger charge is -2.04. The molecule has 2 fully saturated rings. The summed E-state index contributed by atoms with van der Waals surface area (Å²) in [5.74, 6) is 0.980. The third-order valence-corrected chi connectivity index (χ3v) is 4.79. The Balaban J connectivity index is 1.87. The lowest BCUT2D eigenvalue weighted by molar-refractivity contribution is 0.0692. The van der Waals surface area contributed by atoms with Crippen LogP contribution < -0.4 is 0 Å². The van der Waals surface area contributed by atoms with Gasteiger partial charge < -0.3 is 5.11 Å². The van der Waals surface area contributed by atoms with Crippen LogP contribution in [0, 0.1) is 5.92 Å². The van der Waals surface area contributed by atoms with Crippen LogP contribution in [0.3, 0.4) is 0 Å². The van der Waals surface area contributed by atoms with Gasteiger partial charge in [-0.1, -0.05) is 0 Å². The van der Waals surface area contributed by atoms with Gasteiger partial charge >= 0.3 is 5.97 Å². The molecule has 0 atom stereocenters. The van der Waals surface area contributed by atoms with Crippen molar-refractivity contribution < 1.29 is 9.90 Å². The van der Waals surface area contributed by atoms with E-state index >= 15 is 0 Å². The van der Waals surface area contributed by atoms with Gasteiger partial charge in [-0.15, -0.1) is 11.3 Å². The third-order valence-electron chi connectivity index (χ3n) is 3.90. The Labute approximate surface area is 114 Å². The average Bonchev–Trinajstić information content (AvgIpc) is 3.28. The van der Waals surface area contributed by atoms with E-state index < -0.39 is 5.97 Å². The van der Waals surface area contributed by atoms with Gasteiger partial charge in [-0.05, 0) is 48.5 Å². The number of hydrogen-bond donors (Lipinski definition) is 1. The summed E-state index contributed by atoms with van der Waals surface area (Å²) >= 11 is 1.56. The molecule has 98 valence electrons. The van der Waals surface area contributed by atoms with Gasteiger partial charge in [-0.25, -0.2) is 14.8 Å². The lowest BCUT2D eigenvalue weighted by atomic mass is 10.1. The Bertz CT molecular complexity index is 671. The minimum absolute atomic E-state index is 0.212. The van der Waals surface area contributed by atoms with E-state index in [1.807, 2.05) is 0 Å². The Hall–Kier alpha value is -1.49. The summed E-state index contributed by atoms with van der Waals surface area (Å²) in [5, 5.41) is 12.3. The summed E-state index contributed by atoms with van der Waals surface area (Å²) < 4.78 is 0. The highest BCUT2D eigenvalue weighted by molar-refractivity contribution is 7.17. The van der Waals surface area contributed by atoms with Crippen molar-refractivity contribution in [3.8, 4) is 0 Å². The highest BCUT2D eigenvalue weighted by Gasteiger charge is 2.30. The number of aromatic nitrogens is 2. The number of fused-ring (bicyclic) bond motifs is 1. The summed E-state index contributed by atoms with van der Waals surface area (Å²) in [4.78, 5) is 21.2. The first-order valence-electron chi connectivity index (χ1n) is 6.73. The van der Waals surface area contributed by atoms with Crippen molar-refractivity contribution in [2.24, 2.45) is 5.92 Å². The maximum atomic E-state index is 11.5. The van der Waals surface area contributed by atoms with Crippen LogP contribution in [-0.4, -0.2) is 21.0 Å². The summed E-state index contributed by atoms with van der Waals surface area (Å²) in [6, 6.07) is 0. The number of nitrogens with zero attached hydrogens (tertiary/aromatic N) is 2. The van der Waals surface area contributed by atoms with Gasteiger partial charge in [0.25, 0.3) is 0 Å². The molecule has 2 heterocycles. The zero-order chi connectivity index (χ0) is 13.0. The molecule has 2 aromatic heterocycles. The van der Waals surface area contributed by atoms with E-state index in [-0.39, 0.29) is 5.69 Å². The zero-order valence-electron chi connectivity index (χ0n) is 10.4. The first-order chi connectivity index (χ1) is 9.22. The molecule has 0 saturated heterocycles. The van der Waals surface area contributed by atoms with E-state index in [9.17, 15) is 9.90 Å². The molecule has 0 aromatic carbocycles. The highest BCUT2D eigenvalue weighted by Crippen LogP contribution is 2.45. The van der Waals surface area contributed by atoms with Crippen LogP contribution in [0.15, 0.2) is 5.38 Å². The highest BCUT2D eigenvalue weighted by atomic mass is 32.1. The van der Waals surface area contributed by atoms with Crippen molar-refractivity contribution in [1.29, 1.82) is 0 Å². The van der Waals surface area contributed by atoms with Crippen molar-refractivity contribution >= 4 is 27.5 Å². The van der Waals surface area contributed by atoms with E-state index in [2.05, 4.69) is 15.3 Å². The number of rotatable bonds is 4. The minimum Gasteiger partial charge on any atom is -0.476 e. The molecular weight excluding hydrogens is 260 g/mol. The van der Waals surface area contributed by atoms with Crippen LogP contribution in [0.1, 0.15) is 53.5 Å². The molecule has 0 spiro atoms. The van der Waals surface area contributed by atoms with Crippen LogP contribution in [0.4, 0.5) is 0 Å². The van der Waals surface area contributed by atoms with Gasteiger partial charge in [0.2, 0.25) is 0 Å². The standard InChI is InChI=1S/C14H14N2O2S/c17-14(18)12-11-9(8-3-4-8)6-19-13(11)16-10(15-12)5-7-1-2-7/h6-8H,1-5H2,(H,17,18). The summed E-state index contributed by atoms with van der Waals surface area (Å²) in [7, 11) is 0. The second kappa shape index (κ2) is 4.00. The SMILES string of the molecule is O=C(O)c1nc(CC2CC2)nc2scc(C3CC3)c12. The van der Waals surface area contributed by atoms with E-state index in [1.165, 1.54) is 12.8 Å². The summed E-state index contributed by atoms with van der Waals surface area (Å²) in [5.41, 5.74) is 1.36. The number of hydrogen-bond acceptors (Lipinski definition) is 4. The summed E-state index contributed by atoms with van der Waals surface area (Å²) in [6.45, 7) is 0. The van der Waals surface area contributed by atoms with Crippen LogP contribution in [0.25, 0.3) is 10.2 Å². The van der Waals surface area contributed by atoms with Gasteiger partial charge in [0, 0.05) is 11.8 Å². The van der Waals surface area contributed by atoms with Gasteiger partial charge in [-0.2, -0.15) is 0 Å². The molecule has 2 aromatic rings. The molecule has 0 aliphatic heterocycles. The van der Waals surface area contributed by atoms with Crippen molar-refractivity contribution in [3.63, 3.8) is 0 Å². The number of carboxylic acids is 1. The molecule has 0 radical (unpaired) electrons. The molecule has 2 aliphatic carbocycles. The molecule has 4 rings (SSSR count). The normalized spacial score (nSPS) is 18.9. The molecule has 19 heavy (non-hydrogen) atoms. The minimum atomic E-state index is -0.926. The molecule has 5 heteroatoms. The number of carbonyl (C=O) groups is 1. The second-order valence-electron chi connectivity index (χ2n) is 5.59. The predicted octanol–water partition coefficient (Wildman–Crippen LogP) is 3.22. The maximum Gasteiger partial charge on any atom is 0.355 e. The fourth-order valence-corrected chi connectivity index (χ4v) is 3.57. The predicted molar refractivity (Wildman–Crippen MR) is 72.8 cm³/mol. The van der Waals surface area contributed by atoms with Gasteiger partial charge in [0.15, 0.2) is 5.69 Å². The monoisotopic (exact) mass is 274 g/mol. The van der Waals surface area contributed by atoms with Crippen LogP contribution in [-0.2, 0) is 6.42 Å². The smallest absolute Gasteiger partial charge is 0.355 e. The molecule has 4 nitrogen and oxygen atoms in total. The van der Waals surface area contributed by atoms with E-state index in [1.54, 1.807) is 11.3 Å².